The Morgan fingerprint density at radius 3 is 2.62 bits per heavy atom. The van der Waals surface area contributed by atoms with Crippen molar-refractivity contribution < 1.29 is 13.5 Å². The Morgan fingerprint density at radius 1 is 1.31 bits per heavy atom. The fourth-order valence-corrected chi connectivity index (χ4v) is 4.11. The Bertz CT molecular complexity index is 479. The van der Waals surface area contributed by atoms with Crippen molar-refractivity contribution in [3.63, 3.8) is 0 Å². The SMILES string of the molecule is Cc1cccc(S(=O)(=O)C2CCC(O)C2)c1. The van der Waals surface area contributed by atoms with E-state index in [1.165, 1.54) is 0 Å². The van der Waals surface area contributed by atoms with Crippen molar-refractivity contribution in [1.29, 1.82) is 0 Å². The summed E-state index contributed by atoms with van der Waals surface area (Å²) >= 11 is 0. The standard InChI is InChI=1S/C12H16O3S/c1-9-3-2-4-11(7-9)16(14,15)12-6-5-10(13)8-12/h2-4,7,10,12-13H,5-6,8H2,1H3. The van der Waals surface area contributed by atoms with Crippen LogP contribution in [0.4, 0.5) is 0 Å². The molecule has 0 heterocycles. The average Bonchev–Trinajstić information content (AvgIpc) is 2.65. The van der Waals surface area contributed by atoms with Gasteiger partial charge in [-0.25, -0.2) is 8.42 Å². The molecule has 0 saturated heterocycles. The second-order valence-electron chi connectivity index (χ2n) is 4.45. The molecular formula is C12H16O3S. The molecule has 0 amide bonds. The Hall–Kier alpha value is -0.870. The minimum absolute atomic E-state index is 0.371. The number of hydrogen-bond acceptors (Lipinski definition) is 3. The first-order valence-corrected chi connectivity index (χ1v) is 7.03. The lowest BCUT2D eigenvalue weighted by Gasteiger charge is -2.11. The van der Waals surface area contributed by atoms with Gasteiger partial charge in [0.1, 0.15) is 0 Å². The summed E-state index contributed by atoms with van der Waals surface area (Å²) in [4.78, 5) is 0.381. The summed E-state index contributed by atoms with van der Waals surface area (Å²) in [6.07, 6.45) is 1.08. The van der Waals surface area contributed by atoms with Gasteiger partial charge in [-0.3, -0.25) is 0 Å². The number of aliphatic hydroxyl groups excluding tert-OH is 1. The smallest absolute Gasteiger partial charge is 0.181 e. The topological polar surface area (TPSA) is 54.4 Å². The van der Waals surface area contributed by atoms with E-state index in [1.54, 1.807) is 18.2 Å². The molecule has 4 heteroatoms. The van der Waals surface area contributed by atoms with E-state index in [4.69, 9.17) is 0 Å². The molecule has 0 aromatic heterocycles. The van der Waals surface area contributed by atoms with Gasteiger partial charge in [-0.05, 0) is 43.9 Å². The Morgan fingerprint density at radius 2 is 2.06 bits per heavy atom. The largest absolute Gasteiger partial charge is 0.393 e. The van der Waals surface area contributed by atoms with Crippen LogP contribution in [0.5, 0.6) is 0 Å². The average molecular weight is 240 g/mol. The highest BCUT2D eigenvalue weighted by Gasteiger charge is 2.34. The van der Waals surface area contributed by atoms with Crippen molar-refractivity contribution in [3.8, 4) is 0 Å². The van der Waals surface area contributed by atoms with Gasteiger partial charge in [0.2, 0.25) is 0 Å². The molecular weight excluding hydrogens is 224 g/mol. The van der Waals surface area contributed by atoms with Crippen LogP contribution in [0.1, 0.15) is 24.8 Å². The fraction of sp³-hybridized carbons (Fsp3) is 0.500. The first-order chi connectivity index (χ1) is 7.50. The maximum atomic E-state index is 12.2. The molecule has 1 fully saturated rings. The predicted molar refractivity (Wildman–Crippen MR) is 62.0 cm³/mol. The van der Waals surface area contributed by atoms with E-state index in [2.05, 4.69) is 0 Å². The Labute approximate surface area is 96.0 Å². The van der Waals surface area contributed by atoms with Crippen molar-refractivity contribution in [2.75, 3.05) is 0 Å². The van der Waals surface area contributed by atoms with Crippen LogP contribution >= 0.6 is 0 Å². The lowest BCUT2D eigenvalue weighted by atomic mass is 10.2. The number of aryl methyl sites for hydroxylation is 1. The zero-order valence-corrected chi connectivity index (χ0v) is 10.1. The van der Waals surface area contributed by atoms with E-state index in [0.717, 1.165) is 5.56 Å². The highest BCUT2D eigenvalue weighted by molar-refractivity contribution is 7.92. The van der Waals surface area contributed by atoms with E-state index >= 15 is 0 Å². The van der Waals surface area contributed by atoms with Crippen LogP contribution in [0.3, 0.4) is 0 Å². The molecule has 0 spiro atoms. The summed E-state index contributed by atoms with van der Waals surface area (Å²) in [6.45, 7) is 1.88. The highest BCUT2D eigenvalue weighted by Crippen LogP contribution is 2.30. The van der Waals surface area contributed by atoms with Gasteiger partial charge in [0, 0.05) is 0 Å². The molecule has 1 aromatic rings. The monoisotopic (exact) mass is 240 g/mol. The molecule has 88 valence electrons. The zero-order valence-electron chi connectivity index (χ0n) is 9.26. The van der Waals surface area contributed by atoms with E-state index < -0.39 is 21.2 Å². The lowest BCUT2D eigenvalue weighted by Crippen LogP contribution is -2.19. The summed E-state index contributed by atoms with van der Waals surface area (Å²) in [5.41, 5.74) is 0.944. The van der Waals surface area contributed by atoms with Crippen LogP contribution < -0.4 is 0 Å². The molecule has 3 nitrogen and oxygen atoms in total. The van der Waals surface area contributed by atoms with Crippen molar-refractivity contribution in [2.24, 2.45) is 0 Å². The molecule has 1 N–H and O–H groups in total. The third kappa shape index (κ3) is 2.13. The number of aliphatic hydroxyl groups is 1. The maximum absolute atomic E-state index is 12.2. The third-order valence-electron chi connectivity index (χ3n) is 3.11. The quantitative estimate of drug-likeness (QED) is 0.855. The van der Waals surface area contributed by atoms with Crippen LogP contribution in [0.25, 0.3) is 0 Å². The van der Waals surface area contributed by atoms with Gasteiger partial charge in [0.15, 0.2) is 9.84 Å². The van der Waals surface area contributed by atoms with Gasteiger partial charge in [-0.15, -0.1) is 0 Å². The van der Waals surface area contributed by atoms with Crippen molar-refractivity contribution in [1.82, 2.24) is 0 Å². The summed E-state index contributed by atoms with van der Waals surface area (Å²) in [6, 6.07) is 6.96. The predicted octanol–water partition coefficient (Wildman–Crippen LogP) is 1.68. The molecule has 0 radical (unpaired) electrons. The van der Waals surface area contributed by atoms with Crippen molar-refractivity contribution >= 4 is 9.84 Å². The summed E-state index contributed by atoms with van der Waals surface area (Å²) in [5.74, 6) is 0. The molecule has 1 saturated carbocycles. The van der Waals surface area contributed by atoms with E-state index in [1.807, 2.05) is 13.0 Å². The van der Waals surface area contributed by atoms with Crippen molar-refractivity contribution in [3.05, 3.63) is 29.8 Å². The van der Waals surface area contributed by atoms with Crippen LogP contribution in [-0.2, 0) is 9.84 Å². The molecule has 0 bridgehead atoms. The molecule has 1 aliphatic carbocycles. The fourth-order valence-electron chi connectivity index (χ4n) is 2.18. The van der Waals surface area contributed by atoms with E-state index in [-0.39, 0.29) is 0 Å². The van der Waals surface area contributed by atoms with Crippen LogP contribution in [0.2, 0.25) is 0 Å². The number of benzene rings is 1. The maximum Gasteiger partial charge on any atom is 0.181 e. The van der Waals surface area contributed by atoms with Gasteiger partial charge in [0.25, 0.3) is 0 Å². The highest BCUT2D eigenvalue weighted by atomic mass is 32.2. The van der Waals surface area contributed by atoms with Gasteiger partial charge >= 0.3 is 0 Å². The number of hydrogen-bond donors (Lipinski definition) is 1. The molecule has 2 unspecified atom stereocenters. The minimum atomic E-state index is -3.25. The second kappa shape index (κ2) is 4.18. The third-order valence-corrected chi connectivity index (χ3v) is 5.33. The summed E-state index contributed by atoms with van der Waals surface area (Å²) in [5, 5.41) is 8.99. The molecule has 16 heavy (non-hydrogen) atoms. The second-order valence-corrected chi connectivity index (χ2v) is 6.68. The van der Waals surface area contributed by atoms with E-state index in [9.17, 15) is 13.5 Å². The molecule has 0 aliphatic heterocycles. The summed E-state index contributed by atoms with van der Waals surface area (Å²) in [7, 11) is -3.25. The molecule has 2 rings (SSSR count). The minimum Gasteiger partial charge on any atom is -0.393 e. The van der Waals surface area contributed by atoms with Crippen LogP contribution in [-0.4, -0.2) is 24.9 Å². The van der Waals surface area contributed by atoms with Gasteiger partial charge in [-0.2, -0.15) is 0 Å². The zero-order chi connectivity index (χ0) is 11.8. The van der Waals surface area contributed by atoms with Crippen molar-refractivity contribution in [2.45, 2.75) is 42.4 Å². The lowest BCUT2D eigenvalue weighted by molar-refractivity contribution is 0.183. The van der Waals surface area contributed by atoms with Crippen LogP contribution in [0, 0.1) is 6.92 Å². The first-order valence-electron chi connectivity index (χ1n) is 5.49. The summed E-state index contributed by atoms with van der Waals surface area (Å²) < 4.78 is 24.4. The molecule has 1 aromatic carbocycles. The Balaban J connectivity index is 2.32. The van der Waals surface area contributed by atoms with E-state index in [0.29, 0.717) is 24.2 Å². The Kier molecular flexibility index (Phi) is 3.04. The van der Waals surface area contributed by atoms with Gasteiger partial charge in [0.05, 0.1) is 16.2 Å². The molecule has 2 atom stereocenters. The first kappa shape index (κ1) is 11.6. The number of rotatable bonds is 2. The van der Waals surface area contributed by atoms with Crippen LogP contribution in [0.15, 0.2) is 29.2 Å². The van der Waals surface area contributed by atoms with Gasteiger partial charge in [-0.1, -0.05) is 12.1 Å². The molecule has 1 aliphatic rings. The van der Waals surface area contributed by atoms with Gasteiger partial charge < -0.3 is 5.11 Å². The number of sulfone groups is 1. The normalized spacial score (nSPS) is 25.9.